The van der Waals surface area contributed by atoms with Crippen molar-refractivity contribution in [2.45, 2.75) is 68.3 Å². The predicted octanol–water partition coefficient (Wildman–Crippen LogP) is 3.11. The summed E-state index contributed by atoms with van der Waals surface area (Å²) in [5, 5.41) is 0. The van der Waals surface area contributed by atoms with Crippen LogP contribution in [0.4, 0.5) is 0 Å². The fourth-order valence-corrected chi connectivity index (χ4v) is 5.31. The van der Waals surface area contributed by atoms with Crippen molar-refractivity contribution in [1.82, 2.24) is 0 Å². The zero-order valence-electron chi connectivity index (χ0n) is 19.9. The van der Waals surface area contributed by atoms with Crippen LogP contribution in [0.5, 0.6) is 0 Å². The van der Waals surface area contributed by atoms with Gasteiger partial charge in [-0.1, -0.05) is 0 Å². The Hall–Kier alpha value is 0.0738. The average Bonchev–Trinajstić information content (AvgIpc) is 2.64. The van der Waals surface area contributed by atoms with E-state index in [-0.39, 0.29) is 0 Å². The van der Waals surface area contributed by atoms with Crippen LogP contribution in [0, 0.1) is 0 Å². The number of hydrogen-bond donors (Lipinski definition) is 0. The lowest BCUT2D eigenvalue weighted by Gasteiger charge is -2.36. The van der Waals surface area contributed by atoms with Crippen LogP contribution >= 0.6 is 0 Å². The number of hydrogen-bond acceptors (Lipinski definition) is 9. The Morgan fingerprint density at radius 2 is 0.897 bits per heavy atom. The summed E-state index contributed by atoms with van der Waals surface area (Å²) in [4.78, 5) is 0. The van der Waals surface area contributed by atoms with E-state index < -0.39 is 24.5 Å². The summed E-state index contributed by atoms with van der Waals surface area (Å²) in [6.45, 7) is 21.1. The van der Waals surface area contributed by atoms with E-state index in [4.69, 9.17) is 40.5 Å². The summed E-state index contributed by atoms with van der Waals surface area (Å²) in [7, 11) is -4.99. The van der Waals surface area contributed by atoms with Gasteiger partial charge in [0.05, 0.1) is 0 Å². The molecule has 0 aliphatic rings. The molecule has 0 bridgehead atoms. The number of rotatable bonds is 18. The first-order chi connectivity index (χ1) is 13.9. The van der Waals surface area contributed by atoms with Crippen LogP contribution in [0.15, 0.2) is 0 Å². The minimum atomic E-state index is -3.26. The summed E-state index contributed by atoms with van der Waals surface area (Å²) >= 11 is 0. The van der Waals surface area contributed by atoms with Crippen molar-refractivity contribution >= 4 is 18.6 Å². The molecule has 0 rings (SSSR count). The van der Waals surface area contributed by atoms with Gasteiger partial charge in [-0.25, -0.2) is 0 Å². The average molecular weight is 461 g/mol. The van der Waals surface area contributed by atoms with E-state index in [1.165, 1.54) is 0 Å². The zero-order valence-corrected chi connectivity index (χ0v) is 22.1. The maximum Gasteiger partial charge on any atom is 0.683 e. The van der Waals surface area contributed by atoms with E-state index in [9.17, 15) is 0 Å². The standard InChI is InChI=1S/C12H28O6Si.C6H16O3Si/c1-7-13-12(6,14-8-2)18-19(15-9-3,16-10-4)17-11-5;1-4-7-10(8-5-2)9-6-3/h7-11H2,1-6H3;10H,4-6H2,1-3H3. The number of ether oxygens (including phenoxy) is 2. The quantitative estimate of drug-likeness (QED) is 0.226. The summed E-state index contributed by atoms with van der Waals surface area (Å²) in [5.41, 5.74) is 0. The molecule has 0 saturated carbocycles. The first kappa shape index (κ1) is 31.3. The van der Waals surface area contributed by atoms with Crippen molar-refractivity contribution in [2.24, 2.45) is 0 Å². The van der Waals surface area contributed by atoms with Crippen LogP contribution in [0.2, 0.25) is 0 Å². The molecule has 0 N–H and O–H groups in total. The summed E-state index contributed by atoms with van der Waals surface area (Å²) < 4.78 is 49.4. The van der Waals surface area contributed by atoms with Gasteiger partial charge in [0.1, 0.15) is 0 Å². The fraction of sp³-hybridized carbons (Fsp3) is 1.00. The van der Waals surface area contributed by atoms with E-state index >= 15 is 0 Å². The molecule has 0 atom stereocenters. The first-order valence-corrected chi connectivity index (χ1v) is 13.6. The third-order valence-electron chi connectivity index (χ3n) is 3.00. The highest BCUT2D eigenvalue weighted by atomic mass is 28.4. The van der Waals surface area contributed by atoms with E-state index in [1.54, 1.807) is 6.92 Å². The normalized spacial score (nSPS) is 12.2. The molecule has 29 heavy (non-hydrogen) atoms. The Bertz CT molecular complexity index is 314. The Balaban J connectivity index is 0. The zero-order chi connectivity index (χ0) is 22.6. The van der Waals surface area contributed by atoms with Gasteiger partial charge in [0, 0.05) is 59.8 Å². The summed E-state index contributed by atoms with van der Waals surface area (Å²) in [6, 6.07) is 0. The molecular formula is C18H44O9Si2. The van der Waals surface area contributed by atoms with Gasteiger partial charge in [-0.15, -0.1) is 0 Å². The third kappa shape index (κ3) is 15.5. The molecule has 0 aliphatic carbocycles. The van der Waals surface area contributed by atoms with Crippen LogP contribution in [0.3, 0.4) is 0 Å². The second-order valence-corrected chi connectivity index (χ2v) is 8.93. The van der Waals surface area contributed by atoms with Gasteiger partial charge in [-0.2, -0.15) is 0 Å². The molecule has 0 spiro atoms. The third-order valence-corrected chi connectivity index (χ3v) is 7.36. The Kier molecular flexibility index (Phi) is 21.6. The molecule has 0 aromatic heterocycles. The van der Waals surface area contributed by atoms with E-state index in [1.807, 2.05) is 55.4 Å². The maximum absolute atomic E-state index is 5.86. The smallest absolute Gasteiger partial charge is 0.376 e. The van der Waals surface area contributed by atoms with E-state index in [2.05, 4.69) is 0 Å². The van der Waals surface area contributed by atoms with Crippen molar-refractivity contribution in [3.05, 3.63) is 0 Å². The minimum absolute atomic E-state index is 0.431. The van der Waals surface area contributed by atoms with Gasteiger partial charge < -0.3 is 36.0 Å². The molecule has 0 fully saturated rings. The molecule has 0 aliphatic heterocycles. The molecule has 0 radical (unpaired) electrons. The Morgan fingerprint density at radius 3 is 1.14 bits per heavy atom. The predicted molar refractivity (Wildman–Crippen MR) is 115 cm³/mol. The SMILES string of the molecule is CCOC(C)(OCC)O[Si](OCC)(OCC)OCC.CCO[SiH](OCC)OCC. The molecule has 11 heteroatoms. The van der Waals surface area contributed by atoms with Crippen LogP contribution in [-0.2, 0) is 40.5 Å². The molecule has 0 saturated heterocycles. The van der Waals surface area contributed by atoms with Gasteiger partial charge in [0.15, 0.2) is 0 Å². The molecule has 0 aromatic carbocycles. The van der Waals surface area contributed by atoms with Gasteiger partial charge in [-0.3, -0.25) is 4.43 Å². The van der Waals surface area contributed by atoms with Crippen molar-refractivity contribution < 1.29 is 40.5 Å². The molecule has 0 amide bonds. The highest BCUT2D eigenvalue weighted by Gasteiger charge is 2.51. The second-order valence-electron chi connectivity index (χ2n) is 5.28. The van der Waals surface area contributed by atoms with E-state index in [0.717, 1.165) is 0 Å². The van der Waals surface area contributed by atoms with Crippen LogP contribution < -0.4 is 0 Å². The highest BCUT2D eigenvalue weighted by Crippen LogP contribution is 2.24. The Labute approximate surface area is 180 Å². The lowest BCUT2D eigenvalue weighted by Crippen LogP contribution is -2.56. The van der Waals surface area contributed by atoms with Crippen LogP contribution in [0.25, 0.3) is 0 Å². The molecule has 178 valence electrons. The molecule has 0 aromatic rings. The molecule has 0 unspecified atom stereocenters. The lowest BCUT2D eigenvalue weighted by atomic mass is 10.6. The molecular weight excluding hydrogens is 416 g/mol. The van der Waals surface area contributed by atoms with Crippen molar-refractivity contribution in [3.63, 3.8) is 0 Å². The van der Waals surface area contributed by atoms with Crippen molar-refractivity contribution in [1.29, 1.82) is 0 Å². The second kappa shape index (κ2) is 20.0. The van der Waals surface area contributed by atoms with E-state index in [0.29, 0.717) is 52.9 Å². The van der Waals surface area contributed by atoms with Gasteiger partial charge >= 0.3 is 18.6 Å². The van der Waals surface area contributed by atoms with Crippen LogP contribution in [0.1, 0.15) is 62.3 Å². The lowest BCUT2D eigenvalue weighted by molar-refractivity contribution is -0.353. The monoisotopic (exact) mass is 460 g/mol. The molecule has 0 heterocycles. The van der Waals surface area contributed by atoms with Gasteiger partial charge in [0.25, 0.3) is 5.97 Å². The van der Waals surface area contributed by atoms with Crippen molar-refractivity contribution in [3.8, 4) is 0 Å². The van der Waals surface area contributed by atoms with Gasteiger partial charge in [-0.05, 0) is 55.4 Å². The maximum atomic E-state index is 5.86. The largest absolute Gasteiger partial charge is 0.683 e. The summed E-state index contributed by atoms with van der Waals surface area (Å²) in [5.74, 6) is -1.23. The molecule has 9 nitrogen and oxygen atoms in total. The minimum Gasteiger partial charge on any atom is -0.376 e. The first-order valence-electron chi connectivity index (χ1n) is 10.6. The topological polar surface area (TPSA) is 83.1 Å². The van der Waals surface area contributed by atoms with Crippen LogP contribution in [-0.4, -0.2) is 77.4 Å². The van der Waals surface area contributed by atoms with Gasteiger partial charge in [0.2, 0.25) is 0 Å². The van der Waals surface area contributed by atoms with Crippen molar-refractivity contribution in [2.75, 3.05) is 52.9 Å². The highest BCUT2D eigenvalue weighted by molar-refractivity contribution is 6.53. The Morgan fingerprint density at radius 1 is 0.552 bits per heavy atom. The fourth-order valence-electron chi connectivity index (χ4n) is 2.15. The summed E-state index contributed by atoms with van der Waals surface area (Å²) in [6.07, 6.45) is 0.